The second kappa shape index (κ2) is 5.71. The van der Waals surface area contributed by atoms with Gasteiger partial charge in [0.05, 0.1) is 13.4 Å². The van der Waals surface area contributed by atoms with Gasteiger partial charge in [0.15, 0.2) is 0 Å². The van der Waals surface area contributed by atoms with Gasteiger partial charge in [0, 0.05) is 28.0 Å². The Labute approximate surface area is 114 Å². The van der Waals surface area contributed by atoms with Gasteiger partial charge in [-0.15, -0.1) is 11.8 Å². The molecular formula is C13H13NO4S. The van der Waals surface area contributed by atoms with E-state index in [0.29, 0.717) is 22.8 Å². The lowest BCUT2D eigenvalue weighted by molar-refractivity contribution is 0.0661. The Morgan fingerprint density at radius 2 is 2.26 bits per heavy atom. The van der Waals surface area contributed by atoms with E-state index in [1.165, 1.54) is 18.0 Å². The number of benzene rings is 1. The molecule has 19 heavy (non-hydrogen) atoms. The van der Waals surface area contributed by atoms with Gasteiger partial charge in [-0.2, -0.15) is 0 Å². The summed E-state index contributed by atoms with van der Waals surface area (Å²) in [5.74, 6) is 0.0652. The van der Waals surface area contributed by atoms with Gasteiger partial charge < -0.3 is 20.0 Å². The summed E-state index contributed by atoms with van der Waals surface area (Å²) >= 11 is 1.47. The summed E-state index contributed by atoms with van der Waals surface area (Å²) in [4.78, 5) is 11.8. The molecule has 0 radical (unpaired) electrons. The van der Waals surface area contributed by atoms with Crippen molar-refractivity contribution in [2.45, 2.75) is 10.6 Å². The molecule has 2 aromatic rings. The van der Waals surface area contributed by atoms with E-state index in [4.69, 9.17) is 20.0 Å². The molecule has 0 amide bonds. The Morgan fingerprint density at radius 3 is 2.95 bits per heavy atom. The number of nitrogen functional groups attached to an aromatic ring is 1. The Morgan fingerprint density at radius 1 is 1.47 bits per heavy atom. The van der Waals surface area contributed by atoms with Crippen LogP contribution in [0.3, 0.4) is 0 Å². The molecule has 1 aromatic heterocycles. The van der Waals surface area contributed by atoms with Crippen LogP contribution in [0.5, 0.6) is 5.75 Å². The summed E-state index contributed by atoms with van der Waals surface area (Å²) in [6.07, 6.45) is 1.37. The van der Waals surface area contributed by atoms with Crippen LogP contribution in [0.2, 0.25) is 0 Å². The van der Waals surface area contributed by atoms with Gasteiger partial charge in [0.1, 0.15) is 5.75 Å². The Hall–Kier alpha value is -2.08. The van der Waals surface area contributed by atoms with Crippen LogP contribution in [0.15, 0.2) is 39.8 Å². The van der Waals surface area contributed by atoms with E-state index in [1.807, 2.05) is 6.07 Å². The van der Waals surface area contributed by atoms with E-state index in [1.54, 1.807) is 25.3 Å². The maximum atomic E-state index is 10.9. The van der Waals surface area contributed by atoms with Gasteiger partial charge >= 0.3 is 5.97 Å². The van der Waals surface area contributed by atoms with Gasteiger partial charge in [-0.05, 0) is 18.2 Å². The molecule has 1 aromatic carbocycles. The van der Waals surface area contributed by atoms with Crippen LogP contribution in [-0.4, -0.2) is 18.2 Å². The smallest absolute Gasteiger partial charge is 0.372 e. The number of rotatable bonds is 5. The molecule has 0 spiro atoms. The Balaban J connectivity index is 2.14. The van der Waals surface area contributed by atoms with Crippen LogP contribution in [-0.2, 0) is 5.75 Å². The Bertz CT molecular complexity index is 594. The minimum Gasteiger partial charge on any atom is -0.496 e. The second-order valence-electron chi connectivity index (χ2n) is 3.78. The molecule has 0 saturated carbocycles. The molecule has 1 heterocycles. The molecule has 6 heteroatoms. The monoisotopic (exact) mass is 279 g/mol. The van der Waals surface area contributed by atoms with Gasteiger partial charge in [-0.3, -0.25) is 0 Å². The van der Waals surface area contributed by atoms with Crippen LogP contribution in [0.25, 0.3) is 0 Å². The highest BCUT2D eigenvalue weighted by Crippen LogP contribution is 2.33. The molecule has 2 rings (SSSR count). The molecule has 3 N–H and O–H groups in total. The molecule has 0 aliphatic carbocycles. The predicted octanol–water partition coefficient (Wildman–Crippen LogP) is 2.86. The van der Waals surface area contributed by atoms with Crippen LogP contribution in [0.4, 0.5) is 5.69 Å². The molecular weight excluding hydrogens is 266 g/mol. The van der Waals surface area contributed by atoms with Crippen molar-refractivity contribution >= 4 is 23.4 Å². The number of ether oxygens (including phenoxy) is 1. The SMILES string of the molecule is COc1cc(N)ccc1SCc1ccoc1C(=O)O. The molecule has 0 aliphatic rings. The minimum atomic E-state index is -1.06. The van der Waals surface area contributed by atoms with E-state index in [9.17, 15) is 4.79 Å². The topological polar surface area (TPSA) is 85.7 Å². The van der Waals surface area contributed by atoms with Gasteiger partial charge in [-0.25, -0.2) is 4.79 Å². The molecule has 0 bridgehead atoms. The highest BCUT2D eigenvalue weighted by atomic mass is 32.2. The third-order valence-electron chi connectivity index (χ3n) is 2.51. The van der Waals surface area contributed by atoms with E-state index in [2.05, 4.69) is 0 Å². The number of carboxylic acids is 1. The van der Waals surface area contributed by atoms with Gasteiger partial charge in [0.25, 0.3) is 0 Å². The summed E-state index contributed by atoms with van der Waals surface area (Å²) in [6, 6.07) is 7.01. The summed E-state index contributed by atoms with van der Waals surface area (Å²) in [5, 5.41) is 8.94. The average Bonchev–Trinajstić information content (AvgIpc) is 2.85. The maximum Gasteiger partial charge on any atom is 0.372 e. The lowest BCUT2D eigenvalue weighted by Crippen LogP contribution is -1.97. The van der Waals surface area contributed by atoms with Crippen LogP contribution < -0.4 is 10.5 Å². The first kappa shape index (κ1) is 13.4. The highest BCUT2D eigenvalue weighted by molar-refractivity contribution is 7.98. The third kappa shape index (κ3) is 3.03. The zero-order valence-electron chi connectivity index (χ0n) is 10.3. The predicted molar refractivity (Wildman–Crippen MR) is 72.6 cm³/mol. The fraction of sp³-hybridized carbons (Fsp3) is 0.154. The number of carbonyl (C=O) groups is 1. The first-order valence-corrected chi connectivity index (χ1v) is 6.46. The quantitative estimate of drug-likeness (QED) is 0.646. The van der Waals surface area contributed by atoms with Crippen molar-refractivity contribution in [1.29, 1.82) is 0 Å². The van der Waals surface area contributed by atoms with Crippen molar-refractivity contribution < 1.29 is 19.1 Å². The van der Waals surface area contributed by atoms with E-state index in [0.717, 1.165) is 4.90 Å². The summed E-state index contributed by atoms with van der Waals surface area (Å²) in [6.45, 7) is 0. The van der Waals surface area contributed by atoms with Crippen LogP contribution in [0, 0.1) is 0 Å². The number of thioether (sulfide) groups is 1. The van der Waals surface area contributed by atoms with Crippen LogP contribution in [0.1, 0.15) is 16.1 Å². The fourth-order valence-corrected chi connectivity index (χ4v) is 2.58. The van der Waals surface area contributed by atoms with Crippen molar-refractivity contribution in [2.24, 2.45) is 0 Å². The minimum absolute atomic E-state index is 0.0260. The molecule has 0 atom stereocenters. The zero-order chi connectivity index (χ0) is 13.8. The van der Waals surface area contributed by atoms with Crippen molar-refractivity contribution in [3.05, 3.63) is 41.9 Å². The van der Waals surface area contributed by atoms with E-state index < -0.39 is 5.97 Å². The standard InChI is InChI=1S/C13H13NO4S/c1-17-10-6-9(14)2-3-11(10)19-7-8-4-5-18-12(8)13(15)16/h2-6H,7,14H2,1H3,(H,15,16). The molecule has 0 aliphatic heterocycles. The highest BCUT2D eigenvalue weighted by Gasteiger charge is 2.14. The first-order chi connectivity index (χ1) is 9.11. The number of furan rings is 1. The fourth-order valence-electron chi connectivity index (χ4n) is 1.60. The maximum absolute atomic E-state index is 10.9. The lowest BCUT2D eigenvalue weighted by atomic mass is 10.3. The molecule has 0 unspecified atom stereocenters. The van der Waals surface area contributed by atoms with Crippen molar-refractivity contribution in [1.82, 2.24) is 0 Å². The van der Waals surface area contributed by atoms with E-state index in [-0.39, 0.29) is 5.76 Å². The number of methoxy groups -OCH3 is 1. The normalized spacial score (nSPS) is 10.4. The number of nitrogens with two attached hydrogens (primary N) is 1. The summed E-state index contributed by atoms with van der Waals surface area (Å²) in [7, 11) is 1.57. The van der Waals surface area contributed by atoms with Crippen molar-refractivity contribution in [2.75, 3.05) is 12.8 Å². The summed E-state index contributed by atoms with van der Waals surface area (Å²) < 4.78 is 10.2. The third-order valence-corrected chi connectivity index (χ3v) is 3.62. The van der Waals surface area contributed by atoms with Crippen molar-refractivity contribution in [3.63, 3.8) is 0 Å². The number of hydrogen-bond acceptors (Lipinski definition) is 5. The number of aromatic carboxylic acids is 1. The number of carboxylic acid groups (broad SMARTS) is 1. The largest absolute Gasteiger partial charge is 0.496 e. The first-order valence-electron chi connectivity index (χ1n) is 5.47. The van der Waals surface area contributed by atoms with Crippen molar-refractivity contribution in [3.8, 4) is 5.75 Å². The summed E-state index contributed by atoms with van der Waals surface area (Å²) in [5.41, 5.74) is 6.93. The average molecular weight is 279 g/mol. The molecule has 0 fully saturated rings. The number of hydrogen-bond donors (Lipinski definition) is 2. The molecule has 100 valence electrons. The van der Waals surface area contributed by atoms with Gasteiger partial charge in [-0.1, -0.05) is 0 Å². The lowest BCUT2D eigenvalue weighted by Gasteiger charge is -2.08. The van der Waals surface area contributed by atoms with Gasteiger partial charge in [0.2, 0.25) is 5.76 Å². The second-order valence-corrected chi connectivity index (χ2v) is 4.80. The zero-order valence-corrected chi connectivity index (χ0v) is 11.1. The Kier molecular flexibility index (Phi) is 4.01. The number of anilines is 1. The van der Waals surface area contributed by atoms with E-state index >= 15 is 0 Å². The molecule has 5 nitrogen and oxygen atoms in total. The van der Waals surface area contributed by atoms with Crippen LogP contribution >= 0.6 is 11.8 Å². The molecule has 0 saturated heterocycles.